The zero-order valence-corrected chi connectivity index (χ0v) is 12.5. The molecule has 0 aliphatic heterocycles. The summed E-state index contributed by atoms with van der Waals surface area (Å²) >= 11 is 0. The van der Waals surface area contributed by atoms with E-state index in [1.54, 1.807) is 4.68 Å². The molecule has 3 N–H and O–H groups in total. The Bertz CT molecular complexity index is 423. The van der Waals surface area contributed by atoms with Crippen molar-refractivity contribution < 1.29 is 4.79 Å². The van der Waals surface area contributed by atoms with Crippen LogP contribution in [0.3, 0.4) is 0 Å². The first-order valence-electron chi connectivity index (χ1n) is 6.90. The molecular weight excluding hydrogens is 240 g/mol. The number of nitrogens with zero attached hydrogens (tertiary/aromatic N) is 2. The van der Waals surface area contributed by atoms with Crippen LogP contribution in [0.15, 0.2) is 6.20 Å². The highest BCUT2D eigenvalue weighted by molar-refractivity contribution is 5.91. The molecule has 1 aromatic rings. The summed E-state index contributed by atoms with van der Waals surface area (Å²) in [7, 11) is 1.86. The van der Waals surface area contributed by atoms with Gasteiger partial charge in [0.25, 0.3) is 0 Å². The number of nitrogens with two attached hydrogens (primary N) is 1. The average Bonchev–Trinajstić information content (AvgIpc) is 2.67. The third kappa shape index (κ3) is 5.03. The molecule has 5 nitrogen and oxygen atoms in total. The predicted molar refractivity (Wildman–Crippen MR) is 77.9 cm³/mol. The summed E-state index contributed by atoms with van der Waals surface area (Å²) in [6, 6.07) is 0. The molecule has 0 aliphatic rings. The molecule has 0 aliphatic carbocycles. The molecule has 1 amide bonds. The van der Waals surface area contributed by atoms with Crippen LogP contribution in [0.4, 0.5) is 5.69 Å². The number of carbonyl (C=O) groups is 1. The molecular formula is C14H26N4O. The van der Waals surface area contributed by atoms with E-state index in [1.807, 2.05) is 20.2 Å². The van der Waals surface area contributed by atoms with Gasteiger partial charge in [0.1, 0.15) is 0 Å². The summed E-state index contributed by atoms with van der Waals surface area (Å²) in [5, 5.41) is 7.25. The van der Waals surface area contributed by atoms with Gasteiger partial charge in [0, 0.05) is 19.7 Å². The van der Waals surface area contributed by atoms with E-state index in [2.05, 4.69) is 24.3 Å². The number of nitrogens with one attached hydrogen (secondary N) is 1. The van der Waals surface area contributed by atoms with Crippen molar-refractivity contribution in [1.82, 2.24) is 9.78 Å². The SMILES string of the molecule is CCc1nn(C)cc1NC(=O)CCC(C)(C)CCN. The maximum Gasteiger partial charge on any atom is 0.224 e. The molecule has 0 aromatic carbocycles. The molecule has 0 saturated carbocycles. The van der Waals surface area contributed by atoms with E-state index in [9.17, 15) is 4.79 Å². The second-order valence-corrected chi connectivity index (χ2v) is 5.77. The molecule has 108 valence electrons. The summed E-state index contributed by atoms with van der Waals surface area (Å²) in [4.78, 5) is 12.0. The Morgan fingerprint density at radius 3 is 2.74 bits per heavy atom. The Labute approximate surface area is 115 Å². The lowest BCUT2D eigenvalue weighted by molar-refractivity contribution is -0.116. The van der Waals surface area contributed by atoms with Gasteiger partial charge in [-0.1, -0.05) is 20.8 Å². The quantitative estimate of drug-likeness (QED) is 0.793. The normalized spacial score (nSPS) is 11.6. The van der Waals surface area contributed by atoms with Crippen LogP contribution in [0.2, 0.25) is 0 Å². The maximum absolute atomic E-state index is 12.0. The number of hydrogen-bond acceptors (Lipinski definition) is 3. The Morgan fingerprint density at radius 2 is 2.16 bits per heavy atom. The summed E-state index contributed by atoms with van der Waals surface area (Å²) < 4.78 is 1.73. The number of aryl methyl sites for hydroxylation is 2. The van der Waals surface area contributed by atoms with Gasteiger partial charge in [-0.25, -0.2) is 0 Å². The summed E-state index contributed by atoms with van der Waals surface area (Å²) in [5.74, 6) is 0.0489. The number of carbonyl (C=O) groups excluding carboxylic acids is 1. The summed E-state index contributed by atoms with van der Waals surface area (Å²) in [5.41, 5.74) is 7.45. The minimum Gasteiger partial charge on any atom is -0.330 e. The van der Waals surface area contributed by atoms with E-state index < -0.39 is 0 Å². The molecule has 19 heavy (non-hydrogen) atoms. The zero-order chi connectivity index (χ0) is 14.5. The van der Waals surface area contributed by atoms with E-state index in [1.165, 1.54) is 0 Å². The molecule has 1 aromatic heterocycles. The van der Waals surface area contributed by atoms with Gasteiger partial charge in [-0.3, -0.25) is 9.48 Å². The molecule has 0 unspecified atom stereocenters. The van der Waals surface area contributed by atoms with Crippen molar-refractivity contribution in [1.29, 1.82) is 0 Å². The highest BCUT2D eigenvalue weighted by Gasteiger charge is 2.19. The molecule has 0 fully saturated rings. The minimum atomic E-state index is 0.0489. The monoisotopic (exact) mass is 266 g/mol. The van der Waals surface area contributed by atoms with Crippen LogP contribution in [0.5, 0.6) is 0 Å². The lowest BCUT2D eigenvalue weighted by atomic mass is 9.84. The summed E-state index contributed by atoms with van der Waals surface area (Å²) in [6.07, 6.45) is 4.97. The van der Waals surface area contributed by atoms with Gasteiger partial charge in [-0.2, -0.15) is 5.10 Å². The lowest BCUT2D eigenvalue weighted by Gasteiger charge is -2.23. The number of amides is 1. The van der Waals surface area contributed by atoms with E-state index in [0.29, 0.717) is 13.0 Å². The van der Waals surface area contributed by atoms with Gasteiger partial charge in [0.2, 0.25) is 5.91 Å². The van der Waals surface area contributed by atoms with Crippen molar-refractivity contribution in [2.75, 3.05) is 11.9 Å². The topological polar surface area (TPSA) is 72.9 Å². The Morgan fingerprint density at radius 1 is 1.47 bits per heavy atom. The third-order valence-electron chi connectivity index (χ3n) is 3.36. The van der Waals surface area contributed by atoms with Gasteiger partial charge in [-0.15, -0.1) is 0 Å². The van der Waals surface area contributed by atoms with Gasteiger partial charge < -0.3 is 11.1 Å². The smallest absolute Gasteiger partial charge is 0.224 e. The number of aromatic nitrogens is 2. The van der Waals surface area contributed by atoms with E-state index in [-0.39, 0.29) is 11.3 Å². The fourth-order valence-corrected chi connectivity index (χ4v) is 2.08. The fourth-order valence-electron chi connectivity index (χ4n) is 2.08. The van der Waals surface area contributed by atoms with Crippen LogP contribution in [0.1, 0.15) is 45.7 Å². The van der Waals surface area contributed by atoms with Crippen molar-refractivity contribution in [3.05, 3.63) is 11.9 Å². The predicted octanol–water partition coefficient (Wildman–Crippen LogP) is 2.08. The highest BCUT2D eigenvalue weighted by Crippen LogP contribution is 2.26. The summed E-state index contributed by atoms with van der Waals surface area (Å²) in [6.45, 7) is 6.99. The Hall–Kier alpha value is -1.36. The van der Waals surface area contributed by atoms with Crippen LogP contribution >= 0.6 is 0 Å². The first-order chi connectivity index (χ1) is 8.88. The Balaban J connectivity index is 2.51. The van der Waals surface area contributed by atoms with Crippen LogP contribution < -0.4 is 11.1 Å². The molecule has 0 bridgehead atoms. The Kier molecular flexibility index (Phi) is 5.54. The molecule has 0 saturated heterocycles. The van der Waals surface area contributed by atoms with Crippen LogP contribution in [0.25, 0.3) is 0 Å². The van der Waals surface area contributed by atoms with Crippen molar-refractivity contribution in [3.8, 4) is 0 Å². The molecule has 1 heterocycles. The van der Waals surface area contributed by atoms with Crippen molar-refractivity contribution >= 4 is 11.6 Å². The van der Waals surface area contributed by atoms with E-state index >= 15 is 0 Å². The first-order valence-corrected chi connectivity index (χ1v) is 6.90. The molecule has 0 spiro atoms. The van der Waals surface area contributed by atoms with Crippen molar-refractivity contribution in [2.45, 2.75) is 46.5 Å². The maximum atomic E-state index is 12.0. The molecule has 0 radical (unpaired) electrons. The van der Waals surface area contributed by atoms with Crippen molar-refractivity contribution in [2.24, 2.45) is 18.2 Å². The standard InChI is InChI=1S/C14H26N4O/c1-5-11-12(10-18(4)17-11)16-13(19)6-7-14(2,3)8-9-15/h10H,5-9,15H2,1-4H3,(H,16,19). The van der Waals surface area contributed by atoms with Crippen LogP contribution in [-0.2, 0) is 18.3 Å². The zero-order valence-electron chi connectivity index (χ0n) is 12.5. The number of anilines is 1. The molecule has 0 atom stereocenters. The van der Waals surface area contributed by atoms with E-state index in [0.717, 1.165) is 30.6 Å². The second kappa shape index (κ2) is 6.70. The lowest BCUT2D eigenvalue weighted by Crippen LogP contribution is -2.20. The largest absolute Gasteiger partial charge is 0.330 e. The minimum absolute atomic E-state index is 0.0489. The molecule has 5 heteroatoms. The van der Waals surface area contributed by atoms with E-state index in [4.69, 9.17) is 5.73 Å². The van der Waals surface area contributed by atoms with Crippen LogP contribution in [-0.4, -0.2) is 22.2 Å². The van der Waals surface area contributed by atoms with Gasteiger partial charge in [0.05, 0.1) is 11.4 Å². The third-order valence-corrected chi connectivity index (χ3v) is 3.36. The van der Waals surface area contributed by atoms with Gasteiger partial charge in [-0.05, 0) is 31.2 Å². The number of hydrogen-bond donors (Lipinski definition) is 2. The average molecular weight is 266 g/mol. The van der Waals surface area contributed by atoms with Gasteiger partial charge in [0.15, 0.2) is 0 Å². The fraction of sp³-hybridized carbons (Fsp3) is 0.714. The van der Waals surface area contributed by atoms with Crippen molar-refractivity contribution in [3.63, 3.8) is 0 Å². The number of rotatable bonds is 7. The second-order valence-electron chi connectivity index (χ2n) is 5.77. The van der Waals surface area contributed by atoms with Gasteiger partial charge >= 0.3 is 0 Å². The first kappa shape index (κ1) is 15.7. The van der Waals surface area contributed by atoms with Crippen LogP contribution in [0, 0.1) is 5.41 Å². The highest BCUT2D eigenvalue weighted by atomic mass is 16.1. The molecule has 1 rings (SSSR count).